The molecule has 1 aliphatic heterocycles. The second-order valence-corrected chi connectivity index (χ2v) is 7.42. The third kappa shape index (κ3) is 4.44. The van der Waals surface area contributed by atoms with Crippen molar-refractivity contribution in [2.24, 2.45) is 5.92 Å². The zero-order chi connectivity index (χ0) is 19.4. The predicted molar refractivity (Wildman–Crippen MR) is 109 cm³/mol. The molecule has 0 aliphatic carbocycles. The molecule has 0 unspecified atom stereocenters. The van der Waals surface area contributed by atoms with Crippen molar-refractivity contribution in [2.75, 3.05) is 32.2 Å². The van der Waals surface area contributed by atoms with Gasteiger partial charge < -0.3 is 14.4 Å². The number of ether oxygens (including phenoxy) is 2. The van der Waals surface area contributed by atoms with E-state index in [1.807, 2.05) is 25.1 Å². The number of hydrogen-bond acceptors (Lipinski definition) is 4. The van der Waals surface area contributed by atoms with Crippen molar-refractivity contribution >= 4 is 11.7 Å². The Labute approximate surface area is 162 Å². The van der Waals surface area contributed by atoms with Crippen LogP contribution in [-0.2, 0) is 11.2 Å². The minimum absolute atomic E-state index is 0.249. The molecule has 4 nitrogen and oxygen atoms in total. The average molecular weight is 367 g/mol. The fourth-order valence-corrected chi connectivity index (χ4v) is 3.96. The summed E-state index contributed by atoms with van der Waals surface area (Å²) in [5.74, 6) is 1.29. The topological polar surface area (TPSA) is 38.8 Å². The summed E-state index contributed by atoms with van der Waals surface area (Å²) in [4.78, 5) is 14.4. The molecule has 3 rings (SSSR count). The molecule has 1 fully saturated rings. The van der Waals surface area contributed by atoms with Crippen molar-refractivity contribution in [1.29, 1.82) is 0 Å². The van der Waals surface area contributed by atoms with E-state index in [1.54, 1.807) is 7.11 Å². The van der Waals surface area contributed by atoms with Gasteiger partial charge >= 0.3 is 5.97 Å². The number of aryl methyl sites for hydroxylation is 2. The molecule has 4 heteroatoms. The fourth-order valence-electron chi connectivity index (χ4n) is 3.96. The van der Waals surface area contributed by atoms with Gasteiger partial charge in [0.05, 0.1) is 19.8 Å². The van der Waals surface area contributed by atoms with Gasteiger partial charge in [0.25, 0.3) is 0 Å². The van der Waals surface area contributed by atoms with E-state index in [9.17, 15) is 4.79 Å². The normalized spacial score (nSPS) is 14.9. The van der Waals surface area contributed by atoms with Crippen LogP contribution in [0.5, 0.6) is 5.75 Å². The molecule has 0 saturated carbocycles. The average Bonchev–Trinajstić information content (AvgIpc) is 2.70. The monoisotopic (exact) mass is 367 g/mol. The predicted octanol–water partition coefficient (Wildman–Crippen LogP) is 4.56. The zero-order valence-corrected chi connectivity index (χ0v) is 16.7. The van der Waals surface area contributed by atoms with Gasteiger partial charge in [-0.2, -0.15) is 0 Å². The molecule has 144 valence electrons. The largest absolute Gasteiger partial charge is 0.497 e. The van der Waals surface area contributed by atoms with E-state index in [-0.39, 0.29) is 5.97 Å². The van der Waals surface area contributed by atoms with Crippen LogP contribution in [0.1, 0.15) is 39.9 Å². The van der Waals surface area contributed by atoms with Gasteiger partial charge in [-0.3, -0.25) is 0 Å². The maximum Gasteiger partial charge on any atom is 0.338 e. The molecule has 0 atom stereocenters. The highest BCUT2D eigenvalue weighted by molar-refractivity contribution is 5.91. The van der Waals surface area contributed by atoms with Crippen LogP contribution >= 0.6 is 0 Å². The summed E-state index contributed by atoms with van der Waals surface area (Å²) < 4.78 is 10.3. The zero-order valence-electron chi connectivity index (χ0n) is 16.7. The fraction of sp³-hybridized carbons (Fsp3) is 0.435. The molecular weight excluding hydrogens is 338 g/mol. The number of rotatable bonds is 5. The van der Waals surface area contributed by atoms with Crippen LogP contribution in [0.3, 0.4) is 0 Å². The van der Waals surface area contributed by atoms with Crippen molar-refractivity contribution < 1.29 is 14.3 Å². The smallest absolute Gasteiger partial charge is 0.338 e. The molecule has 27 heavy (non-hydrogen) atoms. The summed E-state index contributed by atoms with van der Waals surface area (Å²) in [6.07, 6.45) is 3.32. The maximum absolute atomic E-state index is 12.0. The first-order valence-electron chi connectivity index (χ1n) is 9.59. The summed E-state index contributed by atoms with van der Waals surface area (Å²) >= 11 is 0. The van der Waals surface area contributed by atoms with Crippen LogP contribution in [0.25, 0.3) is 0 Å². The van der Waals surface area contributed by atoms with Gasteiger partial charge in [0.1, 0.15) is 5.75 Å². The molecule has 0 N–H and O–H groups in total. The van der Waals surface area contributed by atoms with E-state index in [0.717, 1.165) is 43.7 Å². The lowest BCUT2D eigenvalue weighted by Gasteiger charge is -2.34. The molecule has 0 spiro atoms. The Hall–Kier alpha value is -2.49. The number of esters is 1. The lowest BCUT2D eigenvalue weighted by molar-refractivity contribution is 0.0599. The Kier molecular flexibility index (Phi) is 6.04. The number of anilines is 1. The summed E-state index contributed by atoms with van der Waals surface area (Å²) in [6, 6.07) is 12.4. The van der Waals surface area contributed by atoms with Crippen molar-refractivity contribution in [3.05, 3.63) is 58.7 Å². The highest BCUT2D eigenvalue weighted by Gasteiger charge is 2.21. The first-order valence-corrected chi connectivity index (χ1v) is 9.59. The second kappa shape index (κ2) is 8.47. The van der Waals surface area contributed by atoms with Gasteiger partial charge in [-0.15, -0.1) is 0 Å². The first-order chi connectivity index (χ1) is 13.0. The number of carbonyl (C=O) groups excluding carboxylic acids is 1. The molecule has 2 aromatic carbocycles. The number of piperidine rings is 1. The van der Waals surface area contributed by atoms with E-state index in [0.29, 0.717) is 11.5 Å². The van der Waals surface area contributed by atoms with E-state index < -0.39 is 0 Å². The first kappa shape index (κ1) is 19.3. The summed E-state index contributed by atoms with van der Waals surface area (Å²) in [5.41, 5.74) is 5.42. The van der Waals surface area contributed by atoms with Gasteiger partial charge in [-0.25, -0.2) is 4.79 Å². The summed E-state index contributed by atoms with van der Waals surface area (Å²) in [5, 5.41) is 0. The van der Waals surface area contributed by atoms with Crippen LogP contribution in [-0.4, -0.2) is 33.3 Å². The van der Waals surface area contributed by atoms with Gasteiger partial charge in [0.2, 0.25) is 0 Å². The highest BCUT2D eigenvalue weighted by atomic mass is 16.5. The van der Waals surface area contributed by atoms with Crippen LogP contribution < -0.4 is 9.64 Å². The van der Waals surface area contributed by atoms with Crippen LogP contribution in [0.2, 0.25) is 0 Å². The van der Waals surface area contributed by atoms with E-state index in [4.69, 9.17) is 9.47 Å². The molecule has 2 aromatic rings. The van der Waals surface area contributed by atoms with Crippen LogP contribution in [0, 0.1) is 19.8 Å². The Morgan fingerprint density at radius 3 is 2.48 bits per heavy atom. The third-order valence-electron chi connectivity index (χ3n) is 5.63. The van der Waals surface area contributed by atoms with E-state index in [2.05, 4.69) is 30.0 Å². The van der Waals surface area contributed by atoms with Crippen LogP contribution in [0.15, 0.2) is 36.4 Å². The number of nitrogens with zero attached hydrogens (tertiary/aromatic N) is 1. The molecule has 0 aromatic heterocycles. The van der Waals surface area contributed by atoms with Crippen molar-refractivity contribution in [1.82, 2.24) is 0 Å². The number of carbonyl (C=O) groups is 1. The molecule has 0 bridgehead atoms. The Morgan fingerprint density at radius 1 is 1.07 bits per heavy atom. The van der Waals surface area contributed by atoms with Gasteiger partial charge in [0, 0.05) is 24.8 Å². The van der Waals surface area contributed by atoms with Gasteiger partial charge in [-0.1, -0.05) is 12.1 Å². The number of benzene rings is 2. The Bertz CT molecular complexity index is 807. The lowest BCUT2D eigenvalue weighted by Crippen LogP contribution is -2.34. The standard InChI is InChI=1S/C23H29NO3/c1-16-12-17(2)22(23(25)27-4)14-19(16)13-18-8-10-24(11-9-18)20-6-5-7-21(15-20)26-3/h5-7,12,14-15,18H,8-11,13H2,1-4H3. The summed E-state index contributed by atoms with van der Waals surface area (Å²) in [7, 11) is 3.15. The molecular formula is C23H29NO3. The van der Waals surface area contributed by atoms with E-state index in [1.165, 1.54) is 23.9 Å². The minimum Gasteiger partial charge on any atom is -0.497 e. The van der Waals surface area contributed by atoms with Gasteiger partial charge in [0.15, 0.2) is 0 Å². The maximum atomic E-state index is 12.0. The molecule has 0 amide bonds. The van der Waals surface area contributed by atoms with Crippen molar-refractivity contribution in [3.63, 3.8) is 0 Å². The third-order valence-corrected chi connectivity index (χ3v) is 5.63. The van der Waals surface area contributed by atoms with E-state index >= 15 is 0 Å². The quantitative estimate of drug-likeness (QED) is 0.727. The van der Waals surface area contributed by atoms with Crippen molar-refractivity contribution in [2.45, 2.75) is 33.1 Å². The molecule has 0 radical (unpaired) electrons. The van der Waals surface area contributed by atoms with Crippen LogP contribution in [0.4, 0.5) is 5.69 Å². The Morgan fingerprint density at radius 2 is 1.81 bits per heavy atom. The lowest BCUT2D eigenvalue weighted by atomic mass is 9.87. The number of hydrogen-bond donors (Lipinski definition) is 0. The Balaban J connectivity index is 1.66. The summed E-state index contributed by atoms with van der Waals surface area (Å²) in [6.45, 7) is 6.20. The van der Waals surface area contributed by atoms with Crippen molar-refractivity contribution in [3.8, 4) is 5.75 Å². The highest BCUT2D eigenvalue weighted by Crippen LogP contribution is 2.29. The molecule has 1 saturated heterocycles. The molecule has 1 heterocycles. The van der Waals surface area contributed by atoms with Gasteiger partial charge in [-0.05, 0) is 73.9 Å². The minimum atomic E-state index is -0.249. The second-order valence-electron chi connectivity index (χ2n) is 7.42. The number of methoxy groups -OCH3 is 2. The SMILES string of the molecule is COC(=O)c1cc(CC2CCN(c3cccc(OC)c3)CC2)c(C)cc1C. The molecule has 1 aliphatic rings.